The van der Waals surface area contributed by atoms with Crippen molar-refractivity contribution >= 4 is 33.9 Å². The molecule has 9 heteroatoms. The van der Waals surface area contributed by atoms with Gasteiger partial charge in [-0.15, -0.1) is 11.3 Å². The lowest BCUT2D eigenvalue weighted by Crippen LogP contribution is -2.05. The van der Waals surface area contributed by atoms with E-state index in [0.29, 0.717) is 5.13 Å². The largest absolute Gasteiger partial charge is 0.477 e. The van der Waals surface area contributed by atoms with Crippen molar-refractivity contribution in [3.05, 3.63) is 39.0 Å². The molecule has 2 aromatic heterocycles. The fraction of sp³-hybridized carbons (Fsp3) is 0.100. The summed E-state index contributed by atoms with van der Waals surface area (Å²) in [6.45, 7) is 1.83. The Morgan fingerprint density at radius 1 is 1.53 bits per heavy atom. The van der Waals surface area contributed by atoms with Crippen molar-refractivity contribution in [2.24, 2.45) is 0 Å². The Hall–Kier alpha value is -2.55. The maximum Gasteiger partial charge on any atom is 0.354 e. The van der Waals surface area contributed by atoms with Crippen molar-refractivity contribution in [2.45, 2.75) is 6.92 Å². The van der Waals surface area contributed by atoms with E-state index in [4.69, 9.17) is 5.11 Å². The quantitative estimate of drug-likeness (QED) is 0.650. The smallest absolute Gasteiger partial charge is 0.354 e. The first-order valence-corrected chi connectivity index (χ1v) is 5.87. The number of carboxylic acid groups (broad SMARTS) is 1. The number of carboxylic acids is 1. The predicted octanol–water partition coefficient (Wildman–Crippen LogP) is 2.20. The normalized spacial score (nSPS) is 10.2. The van der Waals surface area contributed by atoms with E-state index in [1.807, 2.05) is 6.92 Å². The summed E-state index contributed by atoms with van der Waals surface area (Å²) in [5.41, 5.74) is -0.584. The van der Waals surface area contributed by atoms with Gasteiger partial charge in [-0.1, -0.05) is 0 Å². The van der Waals surface area contributed by atoms with Crippen molar-refractivity contribution in [1.29, 1.82) is 0 Å². The zero-order chi connectivity index (χ0) is 14.0. The Morgan fingerprint density at radius 3 is 2.79 bits per heavy atom. The first-order valence-electron chi connectivity index (χ1n) is 5.05. The first-order chi connectivity index (χ1) is 8.97. The second kappa shape index (κ2) is 4.98. The van der Waals surface area contributed by atoms with Crippen LogP contribution in [-0.2, 0) is 0 Å². The van der Waals surface area contributed by atoms with E-state index in [1.54, 1.807) is 6.20 Å². The Balaban J connectivity index is 2.42. The molecule has 2 aromatic rings. The van der Waals surface area contributed by atoms with E-state index in [1.165, 1.54) is 11.3 Å². The predicted molar refractivity (Wildman–Crippen MR) is 68.0 cm³/mol. The first kappa shape index (κ1) is 12.9. The zero-order valence-electron chi connectivity index (χ0n) is 9.65. The van der Waals surface area contributed by atoms with Crippen LogP contribution in [0, 0.1) is 17.0 Å². The SMILES string of the molecule is Cc1cnc(Nc2nc(C(=O)O)ccc2[N+](=O)[O-])s1. The van der Waals surface area contributed by atoms with Gasteiger partial charge in [0.1, 0.15) is 0 Å². The number of aromatic nitrogens is 2. The van der Waals surface area contributed by atoms with Gasteiger partial charge in [0.25, 0.3) is 0 Å². The molecule has 8 nitrogen and oxygen atoms in total. The molecule has 19 heavy (non-hydrogen) atoms. The summed E-state index contributed by atoms with van der Waals surface area (Å²) < 4.78 is 0. The number of nitrogens with one attached hydrogen (secondary N) is 1. The molecule has 0 saturated heterocycles. The van der Waals surface area contributed by atoms with Gasteiger partial charge in [0, 0.05) is 17.1 Å². The Bertz CT molecular complexity index is 655. The minimum atomic E-state index is -1.26. The van der Waals surface area contributed by atoms with E-state index >= 15 is 0 Å². The molecule has 0 spiro atoms. The minimum Gasteiger partial charge on any atom is -0.477 e. The van der Waals surface area contributed by atoms with Crippen LogP contribution in [-0.4, -0.2) is 26.0 Å². The van der Waals surface area contributed by atoms with Crippen molar-refractivity contribution in [3.8, 4) is 0 Å². The monoisotopic (exact) mass is 280 g/mol. The third-order valence-electron chi connectivity index (χ3n) is 2.14. The van der Waals surface area contributed by atoms with Crippen LogP contribution in [0.4, 0.5) is 16.6 Å². The summed E-state index contributed by atoms with van der Waals surface area (Å²) in [5.74, 6) is -1.40. The molecule has 0 saturated carbocycles. The van der Waals surface area contributed by atoms with E-state index in [-0.39, 0.29) is 17.2 Å². The van der Waals surface area contributed by atoms with Gasteiger partial charge in [0.15, 0.2) is 10.8 Å². The standard InChI is InChI=1S/C10H8N4O4S/c1-5-4-11-10(19-5)13-8-7(14(17)18)3-2-6(12-8)9(15)16/h2-4H,1H3,(H,15,16)(H,11,12,13). The third-order valence-corrected chi connectivity index (χ3v) is 2.96. The number of nitro groups is 1. The molecule has 0 aromatic carbocycles. The van der Waals surface area contributed by atoms with Gasteiger partial charge < -0.3 is 10.4 Å². The third kappa shape index (κ3) is 2.83. The van der Waals surface area contributed by atoms with Gasteiger partial charge in [-0.25, -0.2) is 14.8 Å². The zero-order valence-corrected chi connectivity index (χ0v) is 10.5. The van der Waals surface area contributed by atoms with Crippen LogP contribution >= 0.6 is 11.3 Å². The molecule has 0 radical (unpaired) electrons. The average molecular weight is 280 g/mol. The van der Waals surface area contributed by atoms with E-state index in [2.05, 4.69) is 15.3 Å². The highest BCUT2D eigenvalue weighted by molar-refractivity contribution is 7.15. The molecule has 0 aliphatic heterocycles. The summed E-state index contributed by atoms with van der Waals surface area (Å²) in [4.78, 5) is 29.7. The highest BCUT2D eigenvalue weighted by atomic mass is 32.1. The van der Waals surface area contributed by atoms with Crippen LogP contribution in [0.3, 0.4) is 0 Å². The van der Waals surface area contributed by atoms with Crippen molar-refractivity contribution < 1.29 is 14.8 Å². The van der Waals surface area contributed by atoms with Gasteiger partial charge >= 0.3 is 11.7 Å². The molecule has 0 aliphatic carbocycles. The summed E-state index contributed by atoms with van der Waals surface area (Å²) in [7, 11) is 0. The molecule has 0 amide bonds. The van der Waals surface area contributed by atoms with Crippen LogP contribution in [0.1, 0.15) is 15.4 Å². The van der Waals surface area contributed by atoms with Gasteiger partial charge in [0.05, 0.1) is 4.92 Å². The van der Waals surface area contributed by atoms with E-state index < -0.39 is 10.9 Å². The number of hydrogen-bond acceptors (Lipinski definition) is 7. The molecule has 0 bridgehead atoms. The van der Waals surface area contributed by atoms with Gasteiger partial charge in [-0.3, -0.25) is 10.1 Å². The molecular weight excluding hydrogens is 272 g/mol. The topological polar surface area (TPSA) is 118 Å². The lowest BCUT2D eigenvalue weighted by molar-refractivity contribution is -0.384. The molecule has 0 unspecified atom stereocenters. The average Bonchev–Trinajstić information content (AvgIpc) is 2.74. The number of nitrogens with zero attached hydrogens (tertiary/aromatic N) is 3. The van der Waals surface area contributed by atoms with Crippen LogP contribution < -0.4 is 5.32 Å². The van der Waals surface area contributed by atoms with Gasteiger partial charge in [-0.05, 0) is 13.0 Å². The molecule has 0 atom stereocenters. The summed E-state index contributed by atoms with van der Waals surface area (Å²) in [5, 5.41) is 22.8. The highest BCUT2D eigenvalue weighted by Crippen LogP contribution is 2.27. The molecule has 2 N–H and O–H groups in total. The molecule has 2 heterocycles. The highest BCUT2D eigenvalue weighted by Gasteiger charge is 2.19. The van der Waals surface area contributed by atoms with Crippen LogP contribution in [0.25, 0.3) is 0 Å². The number of aromatic carboxylic acids is 1. The maximum absolute atomic E-state index is 10.9. The van der Waals surface area contributed by atoms with Crippen LogP contribution in [0.5, 0.6) is 0 Å². The number of anilines is 2. The Morgan fingerprint density at radius 2 is 2.26 bits per heavy atom. The second-order valence-electron chi connectivity index (χ2n) is 3.53. The van der Waals surface area contributed by atoms with Crippen molar-refractivity contribution in [2.75, 3.05) is 5.32 Å². The van der Waals surface area contributed by atoms with E-state index in [9.17, 15) is 14.9 Å². The molecule has 0 fully saturated rings. The minimum absolute atomic E-state index is 0.140. The molecule has 0 aliphatic rings. The Labute approximate surface area is 110 Å². The number of hydrogen-bond donors (Lipinski definition) is 2. The number of pyridine rings is 1. The van der Waals surface area contributed by atoms with Crippen molar-refractivity contribution in [3.63, 3.8) is 0 Å². The fourth-order valence-corrected chi connectivity index (χ4v) is 1.99. The summed E-state index contributed by atoms with van der Waals surface area (Å²) in [6, 6.07) is 2.18. The molecular formula is C10H8N4O4S. The second-order valence-corrected chi connectivity index (χ2v) is 4.76. The number of aryl methyl sites for hydroxylation is 1. The van der Waals surface area contributed by atoms with Crippen LogP contribution in [0.2, 0.25) is 0 Å². The summed E-state index contributed by atoms with van der Waals surface area (Å²) >= 11 is 1.28. The fourth-order valence-electron chi connectivity index (χ4n) is 1.32. The Kier molecular flexibility index (Phi) is 3.38. The number of rotatable bonds is 4. The molecule has 2 rings (SSSR count). The number of thiazole rings is 1. The van der Waals surface area contributed by atoms with Gasteiger partial charge in [-0.2, -0.15) is 0 Å². The van der Waals surface area contributed by atoms with Crippen molar-refractivity contribution in [1.82, 2.24) is 9.97 Å². The van der Waals surface area contributed by atoms with Gasteiger partial charge in [0.2, 0.25) is 5.82 Å². The molecule has 98 valence electrons. The van der Waals surface area contributed by atoms with E-state index in [0.717, 1.165) is 17.0 Å². The maximum atomic E-state index is 10.9. The lowest BCUT2D eigenvalue weighted by Gasteiger charge is -2.03. The van der Waals surface area contributed by atoms with Crippen LogP contribution in [0.15, 0.2) is 18.3 Å². The summed E-state index contributed by atoms with van der Waals surface area (Å²) in [6.07, 6.45) is 1.60. The number of carbonyl (C=O) groups is 1. The lowest BCUT2D eigenvalue weighted by atomic mass is 10.3.